The van der Waals surface area contributed by atoms with Gasteiger partial charge in [-0.15, -0.1) is 0 Å². The highest BCUT2D eigenvalue weighted by atomic mass is 35.5. The van der Waals surface area contributed by atoms with Crippen molar-refractivity contribution in [2.45, 2.75) is 0 Å². The summed E-state index contributed by atoms with van der Waals surface area (Å²) in [6.45, 7) is 0. The number of pyridine rings is 1. The third kappa shape index (κ3) is 2.23. The summed E-state index contributed by atoms with van der Waals surface area (Å²) in [5, 5.41) is 3.80. The maximum absolute atomic E-state index is 14.2. The maximum atomic E-state index is 14.2. The number of rotatable bonds is 2. The number of fused-ring (bicyclic) bond motifs is 1. The normalized spacial score (nSPS) is 10.8. The van der Waals surface area contributed by atoms with E-state index < -0.39 is 5.82 Å². The molecule has 2 heterocycles. The first-order chi connectivity index (χ1) is 10.1. The molecular weight excluding hydrogens is 293 g/mol. The summed E-state index contributed by atoms with van der Waals surface area (Å²) in [7, 11) is 1.70. The Morgan fingerprint density at radius 2 is 2.05 bits per heavy atom. The Morgan fingerprint density at radius 3 is 2.76 bits per heavy atom. The molecule has 7 heteroatoms. The summed E-state index contributed by atoms with van der Waals surface area (Å²) in [6, 6.07) is 6.21. The Kier molecular flexibility index (Phi) is 3.31. The van der Waals surface area contributed by atoms with E-state index in [0.717, 1.165) is 0 Å². The molecule has 106 valence electrons. The van der Waals surface area contributed by atoms with Gasteiger partial charge < -0.3 is 11.1 Å². The fourth-order valence-corrected chi connectivity index (χ4v) is 2.48. The van der Waals surface area contributed by atoms with E-state index in [1.54, 1.807) is 25.2 Å². The maximum Gasteiger partial charge on any atom is 0.224 e. The molecule has 0 bridgehead atoms. The molecule has 0 aliphatic rings. The number of nitrogens with one attached hydrogen (secondary N) is 1. The van der Waals surface area contributed by atoms with Gasteiger partial charge >= 0.3 is 0 Å². The molecule has 21 heavy (non-hydrogen) atoms. The Balaban J connectivity index is 2.44. The minimum atomic E-state index is -0.422. The van der Waals surface area contributed by atoms with Crippen LogP contribution in [0, 0.1) is 5.82 Å². The quantitative estimate of drug-likeness (QED) is 0.760. The van der Waals surface area contributed by atoms with Gasteiger partial charge in [-0.2, -0.15) is 9.97 Å². The van der Waals surface area contributed by atoms with Crippen LogP contribution in [0.5, 0.6) is 0 Å². The van der Waals surface area contributed by atoms with Crippen molar-refractivity contribution in [3.63, 3.8) is 0 Å². The van der Waals surface area contributed by atoms with Crippen molar-refractivity contribution < 1.29 is 4.39 Å². The monoisotopic (exact) mass is 303 g/mol. The number of aromatic nitrogens is 3. The number of nitrogens with zero attached hydrogens (tertiary/aromatic N) is 3. The molecule has 0 radical (unpaired) electrons. The van der Waals surface area contributed by atoms with Crippen LogP contribution in [0.15, 0.2) is 30.5 Å². The zero-order chi connectivity index (χ0) is 15.0. The largest absolute Gasteiger partial charge is 0.372 e. The van der Waals surface area contributed by atoms with Gasteiger partial charge in [0, 0.05) is 24.4 Å². The average molecular weight is 304 g/mol. The third-order valence-electron chi connectivity index (χ3n) is 3.08. The van der Waals surface area contributed by atoms with E-state index in [1.807, 2.05) is 0 Å². The van der Waals surface area contributed by atoms with Gasteiger partial charge in [-0.25, -0.2) is 9.37 Å². The van der Waals surface area contributed by atoms with Gasteiger partial charge in [0.1, 0.15) is 11.6 Å². The van der Waals surface area contributed by atoms with Gasteiger partial charge in [0.15, 0.2) is 5.65 Å². The van der Waals surface area contributed by atoms with E-state index in [-0.39, 0.29) is 11.5 Å². The number of hydrogen-bond acceptors (Lipinski definition) is 5. The molecule has 3 rings (SSSR count). The van der Waals surface area contributed by atoms with Crippen molar-refractivity contribution in [3.8, 4) is 11.1 Å². The number of nitrogen functional groups attached to an aromatic ring is 1. The summed E-state index contributed by atoms with van der Waals surface area (Å²) >= 11 is 6.14. The number of halogens is 2. The van der Waals surface area contributed by atoms with Crippen LogP contribution in [0.2, 0.25) is 5.02 Å². The first-order valence-corrected chi connectivity index (χ1v) is 6.54. The molecule has 0 atom stereocenters. The van der Waals surface area contributed by atoms with Gasteiger partial charge in [0.05, 0.1) is 10.4 Å². The van der Waals surface area contributed by atoms with E-state index in [1.165, 1.54) is 12.3 Å². The van der Waals surface area contributed by atoms with Crippen LogP contribution in [-0.4, -0.2) is 22.0 Å². The SMILES string of the molecule is CNc1nc(N)nc2nccc(-c3c(F)cccc3Cl)c12. The Morgan fingerprint density at radius 1 is 1.24 bits per heavy atom. The van der Waals surface area contributed by atoms with Crippen molar-refractivity contribution >= 4 is 34.4 Å². The molecule has 0 amide bonds. The third-order valence-corrected chi connectivity index (χ3v) is 3.40. The summed E-state index contributed by atoms with van der Waals surface area (Å²) in [4.78, 5) is 12.4. The average Bonchev–Trinajstić information content (AvgIpc) is 2.46. The van der Waals surface area contributed by atoms with Crippen LogP contribution in [0.4, 0.5) is 16.2 Å². The second-order valence-electron chi connectivity index (χ2n) is 4.33. The molecule has 0 aliphatic carbocycles. The lowest BCUT2D eigenvalue weighted by Crippen LogP contribution is -2.03. The summed E-state index contributed by atoms with van der Waals surface area (Å²) in [5.41, 5.74) is 6.88. The van der Waals surface area contributed by atoms with Crippen LogP contribution in [0.25, 0.3) is 22.2 Å². The number of nitrogens with two attached hydrogens (primary N) is 1. The highest BCUT2D eigenvalue weighted by Crippen LogP contribution is 2.36. The second-order valence-corrected chi connectivity index (χ2v) is 4.74. The second kappa shape index (κ2) is 5.14. The van der Waals surface area contributed by atoms with E-state index in [4.69, 9.17) is 17.3 Å². The zero-order valence-corrected chi connectivity index (χ0v) is 11.8. The van der Waals surface area contributed by atoms with Gasteiger partial charge in [-0.3, -0.25) is 0 Å². The lowest BCUT2D eigenvalue weighted by atomic mass is 10.0. The minimum Gasteiger partial charge on any atom is -0.372 e. The molecule has 3 N–H and O–H groups in total. The molecule has 3 aromatic rings. The summed E-state index contributed by atoms with van der Waals surface area (Å²) in [6.07, 6.45) is 1.53. The van der Waals surface area contributed by atoms with Crippen molar-refractivity contribution in [2.75, 3.05) is 18.1 Å². The molecule has 5 nitrogen and oxygen atoms in total. The van der Waals surface area contributed by atoms with Crippen molar-refractivity contribution in [1.82, 2.24) is 15.0 Å². The van der Waals surface area contributed by atoms with Crippen LogP contribution >= 0.6 is 11.6 Å². The molecule has 0 unspecified atom stereocenters. The van der Waals surface area contributed by atoms with E-state index in [0.29, 0.717) is 27.4 Å². The van der Waals surface area contributed by atoms with Gasteiger partial charge in [0.2, 0.25) is 5.95 Å². The van der Waals surface area contributed by atoms with Crippen molar-refractivity contribution in [3.05, 3.63) is 41.3 Å². The fourth-order valence-electron chi connectivity index (χ4n) is 2.22. The predicted molar refractivity (Wildman–Crippen MR) is 81.7 cm³/mol. The lowest BCUT2D eigenvalue weighted by molar-refractivity contribution is 0.631. The molecule has 0 saturated carbocycles. The first-order valence-electron chi connectivity index (χ1n) is 6.16. The van der Waals surface area contributed by atoms with Gasteiger partial charge in [-0.05, 0) is 18.2 Å². The van der Waals surface area contributed by atoms with Crippen LogP contribution in [-0.2, 0) is 0 Å². The number of benzene rings is 1. The molecular formula is C14H11ClFN5. The van der Waals surface area contributed by atoms with Crippen LogP contribution in [0.1, 0.15) is 0 Å². The van der Waals surface area contributed by atoms with Gasteiger partial charge in [0.25, 0.3) is 0 Å². The highest BCUT2D eigenvalue weighted by Gasteiger charge is 2.17. The molecule has 1 aromatic carbocycles. The van der Waals surface area contributed by atoms with Gasteiger partial charge in [-0.1, -0.05) is 17.7 Å². The van der Waals surface area contributed by atoms with Crippen molar-refractivity contribution in [1.29, 1.82) is 0 Å². The Hall–Kier alpha value is -2.47. The van der Waals surface area contributed by atoms with Crippen molar-refractivity contribution in [2.24, 2.45) is 0 Å². The minimum absolute atomic E-state index is 0.0936. The molecule has 0 spiro atoms. The lowest BCUT2D eigenvalue weighted by Gasteiger charge is -2.12. The topological polar surface area (TPSA) is 76.7 Å². The smallest absolute Gasteiger partial charge is 0.224 e. The number of hydrogen-bond donors (Lipinski definition) is 2. The molecule has 2 aromatic heterocycles. The van der Waals surface area contributed by atoms with E-state index >= 15 is 0 Å². The summed E-state index contributed by atoms with van der Waals surface area (Å²) in [5.74, 6) is 0.143. The Labute approximate surface area is 125 Å². The molecule has 0 fully saturated rings. The highest BCUT2D eigenvalue weighted by molar-refractivity contribution is 6.33. The molecule has 0 aliphatic heterocycles. The number of anilines is 2. The van der Waals surface area contributed by atoms with Crippen LogP contribution < -0.4 is 11.1 Å². The predicted octanol–water partition coefficient (Wildman–Crippen LogP) is 3.11. The molecule has 0 saturated heterocycles. The van der Waals surface area contributed by atoms with E-state index in [9.17, 15) is 4.39 Å². The van der Waals surface area contributed by atoms with Crippen LogP contribution in [0.3, 0.4) is 0 Å². The first kappa shape index (κ1) is 13.5. The zero-order valence-electron chi connectivity index (χ0n) is 11.1. The standard InChI is InChI=1S/C14H11ClFN5/c1-18-12-11-7(10-8(15)3-2-4-9(10)16)5-6-19-13(11)21-14(17)20-12/h2-6H,1H3,(H3,17,18,19,20,21). The summed E-state index contributed by atoms with van der Waals surface area (Å²) < 4.78 is 14.2. The fraction of sp³-hybridized carbons (Fsp3) is 0.0714. The Bertz CT molecular complexity index is 817. The van der Waals surface area contributed by atoms with E-state index in [2.05, 4.69) is 20.3 Å².